The Hall–Kier alpha value is -2.63. The fourth-order valence-corrected chi connectivity index (χ4v) is 1.62. The Labute approximate surface area is 116 Å². The molecule has 0 fully saturated rings. The fourth-order valence-electron chi connectivity index (χ4n) is 1.62. The van der Waals surface area contributed by atoms with Gasteiger partial charge >= 0.3 is 0 Å². The summed E-state index contributed by atoms with van der Waals surface area (Å²) in [5.74, 6) is 1.64. The molecule has 2 rings (SSSR count). The predicted molar refractivity (Wildman–Crippen MR) is 75.3 cm³/mol. The van der Waals surface area contributed by atoms with Crippen LogP contribution >= 0.6 is 0 Å². The summed E-state index contributed by atoms with van der Waals surface area (Å²) in [5.41, 5.74) is 0.321. The van der Waals surface area contributed by atoms with E-state index in [4.69, 9.17) is 4.42 Å². The number of carbonyl (C=O) groups excluding carboxylic acids is 1. The first kappa shape index (κ1) is 13.8. The van der Waals surface area contributed by atoms with Crippen LogP contribution in [0.5, 0.6) is 0 Å². The van der Waals surface area contributed by atoms with Crippen LogP contribution in [0.15, 0.2) is 41.5 Å². The van der Waals surface area contributed by atoms with Gasteiger partial charge in [0.25, 0.3) is 5.91 Å². The molecular formula is C14H16N4O2. The molecule has 1 amide bonds. The number of furan rings is 1. The van der Waals surface area contributed by atoms with Gasteiger partial charge in [0.2, 0.25) is 0 Å². The van der Waals surface area contributed by atoms with Crippen LogP contribution < -0.4 is 10.6 Å². The van der Waals surface area contributed by atoms with E-state index in [1.165, 1.54) is 0 Å². The van der Waals surface area contributed by atoms with Crippen LogP contribution in [0.2, 0.25) is 0 Å². The van der Waals surface area contributed by atoms with Gasteiger partial charge in [-0.05, 0) is 19.1 Å². The van der Waals surface area contributed by atoms with Crippen molar-refractivity contribution in [2.45, 2.75) is 13.5 Å². The number of aryl methyl sites for hydroxylation is 1. The van der Waals surface area contributed by atoms with Crippen molar-refractivity contribution in [3.05, 3.63) is 54.4 Å². The summed E-state index contributed by atoms with van der Waals surface area (Å²) in [4.78, 5) is 20.2. The van der Waals surface area contributed by atoms with Gasteiger partial charge in [-0.2, -0.15) is 0 Å². The second-order valence-corrected chi connectivity index (χ2v) is 4.12. The Bertz CT molecular complexity index is 593. The van der Waals surface area contributed by atoms with Gasteiger partial charge in [0.05, 0.1) is 12.8 Å². The molecule has 0 aliphatic heterocycles. The van der Waals surface area contributed by atoms with Crippen LogP contribution in [0.25, 0.3) is 0 Å². The molecular weight excluding hydrogens is 256 g/mol. The van der Waals surface area contributed by atoms with E-state index in [2.05, 4.69) is 27.2 Å². The molecule has 2 aromatic rings. The molecule has 0 spiro atoms. The van der Waals surface area contributed by atoms with Crippen molar-refractivity contribution in [2.75, 3.05) is 11.9 Å². The normalized spacial score (nSPS) is 10.1. The second kappa shape index (κ2) is 6.51. The molecule has 0 atom stereocenters. The molecule has 104 valence electrons. The van der Waals surface area contributed by atoms with Crippen molar-refractivity contribution in [3.63, 3.8) is 0 Å². The Balaban J connectivity index is 2.07. The molecule has 0 aliphatic carbocycles. The molecule has 6 nitrogen and oxygen atoms in total. The molecule has 20 heavy (non-hydrogen) atoms. The zero-order valence-corrected chi connectivity index (χ0v) is 11.2. The van der Waals surface area contributed by atoms with Crippen molar-refractivity contribution in [3.8, 4) is 0 Å². The number of amides is 1. The number of nitrogens with zero attached hydrogens (tertiary/aromatic N) is 2. The average molecular weight is 272 g/mol. The van der Waals surface area contributed by atoms with Gasteiger partial charge in [0.1, 0.15) is 23.1 Å². The summed E-state index contributed by atoms with van der Waals surface area (Å²) >= 11 is 0. The van der Waals surface area contributed by atoms with Crippen molar-refractivity contribution < 1.29 is 9.21 Å². The van der Waals surface area contributed by atoms with E-state index in [9.17, 15) is 4.79 Å². The Kier molecular flexibility index (Phi) is 4.49. The molecule has 0 saturated carbocycles. The highest BCUT2D eigenvalue weighted by atomic mass is 16.3. The van der Waals surface area contributed by atoms with E-state index in [1.54, 1.807) is 25.3 Å². The molecule has 0 unspecified atom stereocenters. The maximum atomic E-state index is 11.8. The maximum Gasteiger partial charge on any atom is 0.270 e. The van der Waals surface area contributed by atoms with Crippen LogP contribution in [0.4, 0.5) is 5.82 Å². The highest BCUT2D eigenvalue weighted by molar-refractivity contribution is 5.93. The number of nitrogens with one attached hydrogen (secondary N) is 2. The molecule has 0 bridgehead atoms. The molecule has 6 heteroatoms. The topological polar surface area (TPSA) is 80.0 Å². The summed E-state index contributed by atoms with van der Waals surface area (Å²) < 4.78 is 5.22. The van der Waals surface area contributed by atoms with Gasteiger partial charge < -0.3 is 15.1 Å². The number of aromatic nitrogens is 2. The minimum atomic E-state index is -0.253. The number of anilines is 1. The van der Waals surface area contributed by atoms with E-state index in [1.807, 2.05) is 12.1 Å². The Morgan fingerprint density at radius 3 is 3.05 bits per heavy atom. The summed E-state index contributed by atoms with van der Waals surface area (Å²) in [6, 6.07) is 5.28. The number of hydrogen-bond donors (Lipinski definition) is 2. The van der Waals surface area contributed by atoms with Gasteiger partial charge in [0.15, 0.2) is 0 Å². The highest BCUT2D eigenvalue weighted by Gasteiger charge is 2.09. The first-order valence-corrected chi connectivity index (χ1v) is 6.20. The van der Waals surface area contributed by atoms with Crippen LogP contribution in [-0.4, -0.2) is 22.4 Å². The van der Waals surface area contributed by atoms with E-state index in [-0.39, 0.29) is 5.91 Å². The summed E-state index contributed by atoms with van der Waals surface area (Å²) in [6.07, 6.45) is 3.22. The van der Waals surface area contributed by atoms with Gasteiger partial charge in [0, 0.05) is 12.6 Å². The van der Waals surface area contributed by atoms with Crippen molar-refractivity contribution in [1.82, 2.24) is 15.3 Å². The number of hydrogen-bond acceptors (Lipinski definition) is 5. The zero-order chi connectivity index (χ0) is 14.4. The fraction of sp³-hybridized carbons (Fsp3) is 0.214. The molecule has 0 radical (unpaired) electrons. The summed E-state index contributed by atoms with van der Waals surface area (Å²) in [7, 11) is 0. The lowest BCUT2D eigenvalue weighted by molar-refractivity contribution is 0.0952. The van der Waals surface area contributed by atoms with Crippen LogP contribution in [0, 0.1) is 6.92 Å². The monoisotopic (exact) mass is 272 g/mol. The summed E-state index contributed by atoms with van der Waals surface area (Å²) in [6.45, 7) is 6.18. The predicted octanol–water partition coefficient (Wildman–Crippen LogP) is 1.91. The second-order valence-electron chi connectivity index (χ2n) is 4.12. The maximum absolute atomic E-state index is 11.8. The highest BCUT2D eigenvalue weighted by Crippen LogP contribution is 2.09. The first-order valence-electron chi connectivity index (χ1n) is 6.20. The quantitative estimate of drug-likeness (QED) is 0.785. The van der Waals surface area contributed by atoms with Gasteiger partial charge in [-0.25, -0.2) is 9.97 Å². The molecule has 0 saturated heterocycles. The van der Waals surface area contributed by atoms with Crippen LogP contribution in [0.1, 0.15) is 22.1 Å². The Morgan fingerprint density at radius 2 is 2.35 bits per heavy atom. The number of carbonyl (C=O) groups is 1. The molecule has 0 aliphatic rings. The SMILES string of the molecule is C=CCNC(=O)c1cc(NCc2ccco2)nc(C)n1. The van der Waals surface area contributed by atoms with Crippen LogP contribution in [-0.2, 0) is 6.54 Å². The van der Waals surface area contributed by atoms with Crippen molar-refractivity contribution in [2.24, 2.45) is 0 Å². The first-order chi connectivity index (χ1) is 9.69. The third-order valence-electron chi connectivity index (χ3n) is 2.50. The lowest BCUT2D eigenvalue weighted by Gasteiger charge is -2.07. The standard InChI is InChI=1S/C14H16N4O2/c1-3-6-15-14(19)12-8-13(18-10(2)17-12)16-9-11-5-4-7-20-11/h3-5,7-8H,1,6,9H2,2H3,(H,15,19)(H,16,17,18). The third-order valence-corrected chi connectivity index (χ3v) is 2.50. The van der Waals surface area contributed by atoms with E-state index in [0.29, 0.717) is 30.4 Å². The summed E-state index contributed by atoms with van der Waals surface area (Å²) in [5, 5.41) is 5.77. The molecule has 2 N–H and O–H groups in total. The molecule has 0 aromatic carbocycles. The molecule has 2 heterocycles. The van der Waals surface area contributed by atoms with E-state index >= 15 is 0 Å². The largest absolute Gasteiger partial charge is 0.467 e. The molecule has 2 aromatic heterocycles. The van der Waals surface area contributed by atoms with E-state index < -0.39 is 0 Å². The minimum Gasteiger partial charge on any atom is -0.467 e. The van der Waals surface area contributed by atoms with E-state index in [0.717, 1.165) is 5.76 Å². The Morgan fingerprint density at radius 1 is 1.50 bits per heavy atom. The van der Waals surface area contributed by atoms with Crippen molar-refractivity contribution in [1.29, 1.82) is 0 Å². The zero-order valence-electron chi connectivity index (χ0n) is 11.2. The minimum absolute atomic E-state index is 0.253. The lowest BCUT2D eigenvalue weighted by atomic mass is 10.3. The third kappa shape index (κ3) is 3.68. The van der Waals surface area contributed by atoms with Gasteiger partial charge in [-0.1, -0.05) is 6.08 Å². The van der Waals surface area contributed by atoms with Crippen molar-refractivity contribution >= 4 is 11.7 Å². The lowest BCUT2D eigenvalue weighted by Crippen LogP contribution is -2.24. The van der Waals surface area contributed by atoms with Crippen LogP contribution in [0.3, 0.4) is 0 Å². The van der Waals surface area contributed by atoms with Gasteiger partial charge in [-0.15, -0.1) is 6.58 Å². The average Bonchev–Trinajstić information content (AvgIpc) is 2.95. The smallest absolute Gasteiger partial charge is 0.270 e. The number of rotatable bonds is 6. The van der Waals surface area contributed by atoms with Gasteiger partial charge in [-0.3, -0.25) is 4.79 Å².